The first-order chi connectivity index (χ1) is 8.54. The third-order valence-corrected chi connectivity index (χ3v) is 2.18. The van der Waals surface area contributed by atoms with E-state index in [4.69, 9.17) is 9.84 Å². The minimum Gasteiger partial charge on any atom is -0.478 e. The van der Waals surface area contributed by atoms with E-state index in [0.717, 1.165) is 0 Å². The van der Waals surface area contributed by atoms with Crippen LogP contribution in [-0.2, 0) is 9.59 Å². The van der Waals surface area contributed by atoms with Gasteiger partial charge in [-0.05, 0) is 19.1 Å². The van der Waals surface area contributed by atoms with E-state index in [1.54, 1.807) is 12.1 Å². The van der Waals surface area contributed by atoms with Gasteiger partial charge in [0.2, 0.25) is 0 Å². The van der Waals surface area contributed by atoms with E-state index in [-0.39, 0.29) is 23.3 Å². The number of esters is 1. The molecule has 0 atom stereocenters. The van der Waals surface area contributed by atoms with Crippen LogP contribution in [0.2, 0.25) is 0 Å². The molecule has 0 aromatic heterocycles. The second-order valence-corrected chi connectivity index (χ2v) is 3.53. The first-order valence-corrected chi connectivity index (χ1v) is 5.19. The standard InChI is InChI=1S/C13H12O5/c1-9(13(16)17)6-7-12(15)18-11-5-3-2-4-10(11)8-14/h2-6,8H,7H2,1H3,(H,16,17). The summed E-state index contributed by atoms with van der Waals surface area (Å²) in [5, 5.41) is 8.60. The minimum absolute atomic E-state index is 0.0654. The summed E-state index contributed by atoms with van der Waals surface area (Å²) in [6.45, 7) is 1.38. The molecule has 0 spiro atoms. The number of aliphatic carboxylic acids is 1. The zero-order chi connectivity index (χ0) is 13.5. The molecule has 18 heavy (non-hydrogen) atoms. The number of aldehydes is 1. The molecule has 0 heterocycles. The highest BCUT2D eigenvalue weighted by Crippen LogP contribution is 2.16. The molecule has 0 fully saturated rings. The number of benzene rings is 1. The van der Waals surface area contributed by atoms with Crippen LogP contribution in [0.15, 0.2) is 35.9 Å². The Morgan fingerprint density at radius 3 is 2.61 bits per heavy atom. The van der Waals surface area contributed by atoms with Crippen molar-refractivity contribution in [3.63, 3.8) is 0 Å². The topological polar surface area (TPSA) is 80.7 Å². The highest BCUT2D eigenvalue weighted by Gasteiger charge is 2.08. The van der Waals surface area contributed by atoms with Crippen LogP contribution in [0.5, 0.6) is 5.75 Å². The maximum atomic E-state index is 11.4. The molecule has 5 heteroatoms. The van der Waals surface area contributed by atoms with Crippen molar-refractivity contribution in [3.05, 3.63) is 41.5 Å². The number of ether oxygens (including phenoxy) is 1. The monoisotopic (exact) mass is 248 g/mol. The molecule has 0 amide bonds. The van der Waals surface area contributed by atoms with Crippen molar-refractivity contribution in [1.82, 2.24) is 0 Å². The van der Waals surface area contributed by atoms with Gasteiger partial charge in [0.1, 0.15) is 5.75 Å². The van der Waals surface area contributed by atoms with Crippen LogP contribution in [0, 0.1) is 0 Å². The Hall–Kier alpha value is -2.43. The Bertz CT molecular complexity index is 502. The van der Waals surface area contributed by atoms with Gasteiger partial charge in [0.25, 0.3) is 0 Å². The smallest absolute Gasteiger partial charge is 0.330 e. The maximum Gasteiger partial charge on any atom is 0.330 e. The van der Waals surface area contributed by atoms with Crippen LogP contribution in [0.3, 0.4) is 0 Å². The van der Waals surface area contributed by atoms with Gasteiger partial charge in [-0.3, -0.25) is 9.59 Å². The summed E-state index contributed by atoms with van der Waals surface area (Å²) in [5.41, 5.74) is 0.334. The van der Waals surface area contributed by atoms with Gasteiger partial charge in [-0.15, -0.1) is 0 Å². The minimum atomic E-state index is -1.09. The molecular formula is C13H12O5. The van der Waals surface area contributed by atoms with Crippen molar-refractivity contribution in [2.75, 3.05) is 0 Å². The van der Waals surface area contributed by atoms with Gasteiger partial charge in [0.05, 0.1) is 12.0 Å². The molecule has 0 bridgehead atoms. The molecule has 5 nitrogen and oxygen atoms in total. The predicted octanol–water partition coefficient (Wildman–Crippen LogP) is 1.83. The Morgan fingerprint density at radius 1 is 1.33 bits per heavy atom. The fourth-order valence-electron chi connectivity index (χ4n) is 1.16. The fraction of sp³-hybridized carbons (Fsp3) is 0.154. The normalized spacial score (nSPS) is 10.8. The van der Waals surface area contributed by atoms with Crippen LogP contribution >= 0.6 is 0 Å². The number of para-hydroxylation sites is 1. The molecule has 0 saturated carbocycles. The Morgan fingerprint density at radius 2 is 2.00 bits per heavy atom. The lowest BCUT2D eigenvalue weighted by molar-refractivity contribution is -0.133. The quantitative estimate of drug-likeness (QED) is 0.372. The van der Waals surface area contributed by atoms with E-state index >= 15 is 0 Å². The summed E-state index contributed by atoms with van der Waals surface area (Å²) < 4.78 is 4.96. The van der Waals surface area contributed by atoms with Crippen LogP contribution in [0.25, 0.3) is 0 Å². The van der Waals surface area contributed by atoms with Crippen molar-refractivity contribution in [1.29, 1.82) is 0 Å². The van der Waals surface area contributed by atoms with Gasteiger partial charge in [-0.2, -0.15) is 0 Å². The first kappa shape index (κ1) is 13.6. The number of carboxylic acid groups (broad SMARTS) is 1. The molecular weight excluding hydrogens is 236 g/mol. The summed E-state index contributed by atoms with van der Waals surface area (Å²) in [6, 6.07) is 6.30. The van der Waals surface area contributed by atoms with Crippen LogP contribution in [0.4, 0.5) is 0 Å². The second kappa shape index (κ2) is 6.34. The highest BCUT2D eigenvalue weighted by molar-refractivity contribution is 5.87. The molecule has 1 rings (SSSR count). The third-order valence-electron chi connectivity index (χ3n) is 2.18. The second-order valence-electron chi connectivity index (χ2n) is 3.53. The Balaban J connectivity index is 2.68. The molecule has 0 radical (unpaired) electrons. The van der Waals surface area contributed by atoms with E-state index in [2.05, 4.69) is 0 Å². The van der Waals surface area contributed by atoms with Crippen molar-refractivity contribution in [2.45, 2.75) is 13.3 Å². The summed E-state index contributed by atoms with van der Waals surface area (Å²) in [7, 11) is 0. The molecule has 1 aromatic rings. The number of hydrogen-bond acceptors (Lipinski definition) is 4. The van der Waals surface area contributed by atoms with Gasteiger partial charge in [-0.1, -0.05) is 18.2 Å². The summed E-state index contributed by atoms with van der Waals surface area (Å²) in [4.78, 5) is 32.6. The van der Waals surface area contributed by atoms with E-state index in [1.165, 1.54) is 25.1 Å². The average molecular weight is 248 g/mol. The number of hydrogen-bond donors (Lipinski definition) is 1. The maximum absolute atomic E-state index is 11.4. The van der Waals surface area contributed by atoms with Crippen molar-refractivity contribution < 1.29 is 24.2 Å². The predicted molar refractivity (Wildman–Crippen MR) is 63.5 cm³/mol. The van der Waals surface area contributed by atoms with Crippen molar-refractivity contribution >= 4 is 18.2 Å². The largest absolute Gasteiger partial charge is 0.478 e. The van der Waals surface area contributed by atoms with Gasteiger partial charge >= 0.3 is 11.9 Å². The lowest BCUT2D eigenvalue weighted by Gasteiger charge is -2.04. The highest BCUT2D eigenvalue weighted by atomic mass is 16.5. The number of rotatable bonds is 5. The molecule has 94 valence electrons. The molecule has 0 aliphatic rings. The average Bonchev–Trinajstić information content (AvgIpc) is 2.36. The lowest BCUT2D eigenvalue weighted by atomic mass is 10.2. The van der Waals surface area contributed by atoms with Gasteiger partial charge in [-0.25, -0.2) is 4.79 Å². The lowest BCUT2D eigenvalue weighted by Crippen LogP contribution is -2.08. The zero-order valence-corrected chi connectivity index (χ0v) is 9.75. The van der Waals surface area contributed by atoms with Crippen LogP contribution in [-0.4, -0.2) is 23.3 Å². The first-order valence-electron chi connectivity index (χ1n) is 5.19. The van der Waals surface area contributed by atoms with E-state index < -0.39 is 11.9 Å². The third kappa shape index (κ3) is 3.86. The van der Waals surface area contributed by atoms with Crippen LogP contribution in [0.1, 0.15) is 23.7 Å². The summed E-state index contributed by atoms with van der Waals surface area (Å²) in [6.07, 6.45) is 1.68. The number of carbonyl (C=O) groups excluding carboxylic acids is 2. The number of carbonyl (C=O) groups is 3. The molecule has 1 aromatic carbocycles. The van der Waals surface area contributed by atoms with Crippen molar-refractivity contribution in [3.8, 4) is 5.75 Å². The van der Waals surface area contributed by atoms with Gasteiger partial charge in [0.15, 0.2) is 6.29 Å². The van der Waals surface area contributed by atoms with E-state index in [0.29, 0.717) is 6.29 Å². The number of carboxylic acids is 1. The Kier molecular flexibility index (Phi) is 4.80. The molecule has 0 saturated heterocycles. The van der Waals surface area contributed by atoms with E-state index in [9.17, 15) is 14.4 Å². The summed E-state index contributed by atoms with van der Waals surface area (Å²) in [5.74, 6) is -1.54. The van der Waals surface area contributed by atoms with Gasteiger partial charge in [0, 0.05) is 5.57 Å². The fourth-order valence-corrected chi connectivity index (χ4v) is 1.16. The van der Waals surface area contributed by atoms with E-state index in [1.807, 2.05) is 0 Å². The summed E-state index contributed by atoms with van der Waals surface area (Å²) >= 11 is 0. The van der Waals surface area contributed by atoms with Crippen LogP contribution < -0.4 is 4.74 Å². The Labute approximate surface area is 104 Å². The molecule has 1 N–H and O–H groups in total. The zero-order valence-electron chi connectivity index (χ0n) is 9.75. The van der Waals surface area contributed by atoms with Gasteiger partial charge < -0.3 is 9.84 Å². The molecule has 0 aliphatic heterocycles. The molecule has 0 unspecified atom stereocenters. The SMILES string of the molecule is CC(=CCC(=O)Oc1ccccc1C=O)C(=O)O. The van der Waals surface area contributed by atoms with Crippen molar-refractivity contribution in [2.24, 2.45) is 0 Å². The molecule has 0 aliphatic carbocycles.